The highest BCUT2D eigenvalue weighted by molar-refractivity contribution is 6.11. The van der Waals surface area contributed by atoms with Crippen molar-refractivity contribution in [3.8, 4) is 67.3 Å². The Hall–Kier alpha value is -8.86. The van der Waals surface area contributed by atoms with Crippen LogP contribution in [0.2, 0.25) is 0 Å². The van der Waals surface area contributed by atoms with E-state index in [1.54, 1.807) is 0 Å². The highest BCUT2D eigenvalue weighted by Gasteiger charge is 2.53. The number of ketones is 1. The van der Waals surface area contributed by atoms with Gasteiger partial charge in [-0.3, -0.25) is 4.79 Å². The van der Waals surface area contributed by atoms with Crippen molar-refractivity contribution < 1.29 is 4.79 Å². The molecule has 0 radical (unpaired) electrons. The van der Waals surface area contributed by atoms with Crippen molar-refractivity contribution in [2.75, 3.05) is 0 Å². The molecule has 2 spiro atoms. The first-order valence-corrected chi connectivity index (χ1v) is 24.2. The van der Waals surface area contributed by atoms with Gasteiger partial charge in [-0.15, -0.1) is 0 Å². The molecule has 0 bridgehead atoms. The molecule has 0 amide bonds. The quantitative estimate of drug-likeness (QED) is 0.162. The van der Waals surface area contributed by atoms with Gasteiger partial charge in [-0.2, -0.15) is 0 Å². The third-order valence-electron chi connectivity index (χ3n) is 15.9. The van der Waals surface area contributed by atoms with Crippen molar-refractivity contribution in [2.45, 2.75) is 23.2 Å². The van der Waals surface area contributed by atoms with Crippen LogP contribution in [-0.2, 0) is 10.8 Å². The molecule has 1 heterocycles. The van der Waals surface area contributed by atoms with E-state index in [1.807, 2.05) is 30.3 Å². The maximum atomic E-state index is 15.5. The summed E-state index contributed by atoms with van der Waals surface area (Å²) in [6, 6.07) is 73.8. The predicted molar refractivity (Wildman–Crippen MR) is 279 cm³/mol. The maximum absolute atomic E-state index is 15.5. The lowest BCUT2D eigenvalue weighted by Crippen LogP contribution is -2.26. The molecule has 1 atom stereocenters. The van der Waals surface area contributed by atoms with Gasteiger partial charge in [-0.05, 0) is 114 Å². The van der Waals surface area contributed by atoms with Crippen molar-refractivity contribution >= 4 is 5.78 Å². The molecule has 5 aliphatic carbocycles. The molecule has 9 aromatic carbocycles. The number of allylic oxidation sites excluding steroid dienone is 4. The zero-order valence-electron chi connectivity index (χ0n) is 38.0. The number of rotatable bonds is 5. The summed E-state index contributed by atoms with van der Waals surface area (Å²) in [7, 11) is 0. The number of carbonyl (C=O) groups is 1. The summed E-state index contributed by atoms with van der Waals surface area (Å²) in [6.45, 7) is 0. The van der Waals surface area contributed by atoms with Crippen LogP contribution in [0.25, 0.3) is 67.3 Å². The van der Waals surface area contributed by atoms with Gasteiger partial charge in [0.1, 0.15) is 5.82 Å². The minimum atomic E-state index is -0.708. The molecular weight excluding hydrogens is 851 g/mol. The van der Waals surface area contributed by atoms with Gasteiger partial charge in [0.2, 0.25) is 0 Å². The number of benzene rings is 9. The van der Waals surface area contributed by atoms with Crippen LogP contribution in [0.15, 0.2) is 231 Å². The van der Waals surface area contributed by atoms with Crippen molar-refractivity contribution in [1.29, 1.82) is 0 Å². The van der Waals surface area contributed by atoms with E-state index < -0.39 is 10.8 Å². The summed E-state index contributed by atoms with van der Waals surface area (Å²) in [5.41, 5.74) is 21.1. The van der Waals surface area contributed by atoms with Crippen LogP contribution in [-0.4, -0.2) is 20.7 Å². The average molecular weight is 892 g/mol. The van der Waals surface area contributed by atoms with E-state index in [9.17, 15) is 0 Å². The highest BCUT2D eigenvalue weighted by Crippen LogP contribution is 2.65. The Bertz CT molecular complexity index is 3860. The fourth-order valence-electron chi connectivity index (χ4n) is 13.0. The van der Waals surface area contributed by atoms with E-state index in [2.05, 4.69) is 200 Å². The molecular formula is C66H41N3O. The van der Waals surface area contributed by atoms with Gasteiger partial charge in [0.05, 0.1) is 10.8 Å². The number of hydrogen-bond acceptors (Lipinski definition) is 4. The second-order valence-electron chi connectivity index (χ2n) is 19.2. The highest BCUT2D eigenvalue weighted by atomic mass is 16.1. The molecule has 1 unspecified atom stereocenters. The normalized spacial score (nSPS) is 16.0. The summed E-state index contributed by atoms with van der Waals surface area (Å²) in [6.07, 6.45) is 9.35. The van der Waals surface area contributed by atoms with E-state index in [0.29, 0.717) is 22.8 Å². The molecule has 1 aromatic heterocycles. The second kappa shape index (κ2) is 14.6. The van der Waals surface area contributed by atoms with E-state index in [4.69, 9.17) is 15.0 Å². The van der Waals surface area contributed by atoms with Crippen LogP contribution in [0.3, 0.4) is 0 Å². The number of carbonyl (C=O) groups excluding carboxylic acids is 1. The molecule has 326 valence electrons. The monoisotopic (exact) mass is 891 g/mol. The van der Waals surface area contributed by atoms with Gasteiger partial charge < -0.3 is 0 Å². The summed E-state index contributed by atoms with van der Waals surface area (Å²) in [5, 5.41) is 0. The van der Waals surface area contributed by atoms with Gasteiger partial charge >= 0.3 is 0 Å². The Morgan fingerprint density at radius 2 is 0.771 bits per heavy atom. The summed E-state index contributed by atoms with van der Waals surface area (Å²) in [5.74, 6) is 2.09. The Balaban J connectivity index is 0.914. The van der Waals surface area contributed by atoms with Gasteiger partial charge in [0.25, 0.3) is 0 Å². The van der Waals surface area contributed by atoms with Crippen LogP contribution in [0.5, 0.6) is 0 Å². The fraction of sp³-hybridized carbons (Fsp3) is 0.0606. The van der Waals surface area contributed by atoms with Gasteiger partial charge in [-0.1, -0.05) is 212 Å². The van der Waals surface area contributed by atoms with Crippen molar-refractivity contribution in [2.24, 2.45) is 0 Å². The van der Waals surface area contributed by atoms with Gasteiger partial charge in [-0.25, -0.2) is 15.0 Å². The summed E-state index contributed by atoms with van der Waals surface area (Å²) >= 11 is 0. The Morgan fingerprint density at radius 3 is 1.24 bits per heavy atom. The number of fused-ring (bicyclic) bond motifs is 20. The molecule has 0 fully saturated rings. The molecule has 4 nitrogen and oxygen atoms in total. The number of aromatic nitrogens is 3. The smallest absolute Gasteiger partial charge is 0.193 e. The van der Waals surface area contributed by atoms with E-state index in [0.717, 1.165) is 51.2 Å². The number of nitrogens with zero attached hydrogens (tertiary/aromatic N) is 3. The fourth-order valence-corrected chi connectivity index (χ4v) is 13.0. The molecule has 0 aliphatic heterocycles. The molecule has 10 aromatic rings. The zero-order valence-corrected chi connectivity index (χ0v) is 38.0. The standard InChI is InChI=1S/C66H41N3O/c70-61(42-31-34-50-49-25-11-14-28-55(49)65(58(50)37-42)53-26-12-7-21-45(53)46-22-8-13-27-54(46)65)43-32-35-51-52-36-33-44(64-68-62(40-17-3-1-4-18-40)67-63(69-64)41-19-5-2-6-20-41)39-60(52)66(59(51)38-43)56-29-15-9-23-47(56)48-24-10-16-30-57(48)66/h1-19,21-39,41H,20H2. The topological polar surface area (TPSA) is 55.7 Å². The van der Waals surface area contributed by atoms with Crippen molar-refractivity contribution in [3.05, 3.63) is 292 Å². The predicted octanol–water partition coefficient (Wildman–Crippen LogP) is 14.7. The van der Waals surface area contributed by atoms with Crippen molar-refractivity contribution in [3.63, 3.8) is 0 Å². The van der Waals surface area contributed by atoms with Crippen LogP contribution in [0.4, 0.5) is 0 Å². The summed E-state index contributed by atoms with van der Waals surface area (Å²) < 4.78 is 0. The Labute approximate surface area is 406 Å². The zero-order chi connectivity index (χ0) is 46.1. The second-order valence-corrected chi connectivity index (χ2v) is 19.2. The van der Waals surface area contributed by atoms with E-state index in [-0.39, 0.29) is 11.7 Å². The Kier molecular flexibility index (Phi) is 8.15. The minimum absolute atomic E-state index is 0.000370. The molecule has 5 aliphatic rings. The average Bonchev–Trinajstić information content (AvgIpc) is 4.12. The lowest BCUT2D eigenvalue weighted by Gasteiger charge is -2.31. The van der Waals surface area contributed by atoms with E-state index in [1.165, 1.54) is 61.2 Å². The first-order chi connectivity index (χ1) is 34.6. The van der Waals surface area contributed by atoms with Crippen LogP contribution < -0.4 is 0 Å². The van der Waals surface area contributed by atoms with Crippen molar-refractivity contribution in [1.82, 2.24) is 15.0 Å². The van der Waals surface area contributed by atoms with Crippen LogP contribution in [0.1, 0.15) is 78.6 Å². The van der Waals surface area contributed by atoms with E-state index >= 15 is 4.79 Å². The Morgan fingerprint density at radius 1 is 0.371 bits per heavy atom. The molecule has 70 heavy (non-hydrogen) atoms. The first kappa shape index (κ1) is 39.2. The maximum Gasteiger partial charge on any atom is 0.193 e. The lowest BCUT2D eigenvalue weighted by molar-refractivity contribution is 0.103. The third kappa shape index (κ3) is 5.14. The summed E-state index contributed by atoms with van der Waals surface area (Å²) in [4.78, 5) is 31.0. The van der Waals surface area contributed by atoms with Crippen LogP contribution >= 0.6 is 0 Å². The third-order valence-corrected chi connectivity index (χ3v) is 15.9. The lowest BCUT2D eigenvalue weighted by atomic mass is 9.69. The molecule has 0 N–H and O–H groups in total. The van der Waals surface area contributed by atoms with Crippen LogP contribution in [0, 0.1) is 0 Å². The van der Waals surface area contributed by atoms with Gasteiger partial charge in [0, 0.05) is 28.2 Å². The number of hydrogen-bond donors (Lipinski definition) is 0. The molecule has 15 rings (SSSR count). The first-order valence-electron chi connectivity index (χ1n) is 24.2. The SMILES string of the molecule is O=C(c1ccc2c(c1)C1(c3ccccc3-c3ccccc31)c1ccccc1-2)c1ccc2c(c1)C1(c3ccccc3-c3ccccc31)c1cc(-c3nc(-c4ccccc4)nc(C4C=CC=CC4)n3)ccc1-2. The molecule has 0 saturated heterocycles. The largest absolute Gasteiger partial charge is 0.289 e. The van der Waals surface area contributed by atoms with Gasteiger partial charge in [0.15, 0.2) is 17.4 Å². The molecule has 0 saturated carbocycles. The molecule has 4 heteroatoms. The minimum Gasteiger partial charge on any atom is -0.289 e.